The Morgan fingerprint density at radius 1 is 0.952 bits per heavy atom. The molecule has 2 aromatic carbocycles. The number of hydrogen-bond donors (Lipinski definition) is 0. The number of amidine groups is 1. The first-order chi connectivity index (χ1) is 20.3. The molecule has 42 heavy (non-hydrogen) atoms. The highest BCUT2D eigenvalue weighted by molar-refractivity contribution is 8.16. The molecular weight excluding hydrogens is 556 g/mol. The van der Waals surface area contributed by atoms with Gasteiger partial charge in [-0.15, -0.1) is 0 Å². The van der Waals surface area contributed by atoms with Crippen molar-refractivity contribution >= 4 is 34.7 Å². The smallest absolute Gasteiger partial charge is 0.338 e. The molecule has 0 saturated carbocycles. The number of nitrogens with zero attached hydrogens (tertiary/aromatic N) is 4. The van der Waals surface area contributed by atoms with E-state index in [1.807, 2.05) is 52.8 Å². The Hall–Kier alpha value is -4.25. The van der Waals surface area contributed by atoms with Gasteiger partial charge >= 0.3 is 5.97 Å². The van der Waals surface area contributed by atoms with Gasteiger partial charge in [-0.2, -0.15) is 0 Å². The van der Waals surface area contributed by atoms with Crippen LogP contribution in [0.2, 0.25) is 0 Å². The van der Waals surface area contributed by atoms with E-state index >= 15 is 0 Å². The van der Waals surface area contributed by atoms with E-state index < -0.39 is 12.0 Å². The Balaban J connectivity index is 1.46. The van der Waals surface area contributed by atoms with Crippen molar-refractivity contribution in [1.82, 2.24) is 14.7 Å². The van der Waals surface area contributed by atoms with Gasteiger partial charge in [-0.05, 0) is 35.6 Å². The molecule has 1 atom stereocenters. The quantitative estimate of drug-likeness (QED) is 0.424. The Morgan fingerprint density at radius 3 is 2.21 bits per heavy atom. The third-order valence-corrected chi connectivity index (χ3v) is 8.42. The van der Waals surface area contributed by atoms with Crippen molar-refractivity contribution in [3.8, 4) is 11.5 Å². The van der Waals surface area contributed by atoms with Crippen LogP contribution < -0.4 is 9.47 Å². The lowest BCUT2D eigenvalue weighted by Crippen LogP contribution is -2.50. The maximum absolute atomic E-state index is 13.8. The van der Waals surface area contributed by atoms with Crippen LogP contribution in [0.3, 0.4) is 0 Å². The molecule has 0 bridgehead atoms. The first kappa shape index (κ1) is 29.2. The molecule has 2 amide bonds. The predicted octanol–water partition coefficient (Wildman–Crippen LogP) is 4.10. The van der Waals surface area contributed by atoms with Crippen molar-refractivity contribution < 1.29 is 28.6 Å². The van der Waals surface area contributed by atoms with Crippen molar-refractivity contribution in [1.29, 1.82) is 0 Å². The number of ether oxygens (including phenoxy) is 3. The molecule has 1 fully saturated rings. The number of thioether (sulfide) groups is 1. The number of carbonyl (C=O) groups is 3. The normalized spacial score (nSPS) is 18.3. The van der Waals surface area contributed by atoms with Crippen molar-refractivity contribution in [3.05, 3.63) is 82.0 Å². The first-order valence-electron chi connectivity index (χ1n) is 13.7. The molecule has 0 unspecified atom stereocenters. The molecule has 220 valence electrons. The lowest BCUT2D eigenvalue weighted by atomic mass is 9.93. The summed E-state index contributed by atoms with van der Waals surface area (Å²) in [4.78, 5) is 49.2. The summed E-state index contributed by atoms with van der Waals surface area (Å²) in [5, 5.41) is 2.58. The minimum absolute atomic E-state index is 0.0107. The van der Waals surface area contributed by atoms with E-state index in [9.17, 15) is 14.4 Å². The molecule has 1 saturated heterocycles. The maximum Gasteiger partial charge on any atom is 0.338 e. The molecule has 11 heteroatoms. The van der Waals surface area contributed by atoms with Crippen LogP contribution in [0.25, 0.3) is 0 Å². The van der Waals surface area contributed by atoms with Crippen LogP contribution in [0.15, 0.2) is 75.9 Å². The molecule has 0 radical (unpaired) electrons. The highest BCUT2D eigenvalue weighted by Gasteiger charge is 2.42. The van der Waals surface area contributed by atoms with Crippen molar-refractivity contribution in [3.63, 3.8) is 0 Å². The maximum atomic E-state index is 13.8. The van der Waals surface area contributed by atoms with E-state index in [0.29, 0.717) is 54.1 Å². The summed E-state index contributed by atoms with van der Waals surface area (Å²) in [6.07, 6.45) is 0.120. The van der Waals surface area contributed by atoms with Crippen molar-refractivity contribution in [2.24, 2.45) is 4.99 Å². The third-order valence-electron chi connectivity index (χ3n) is 7.53. The number of amides is 2. The zero-order valence-corrected chi connectivity index (χ0v) is 25.0. The summed E-state index contributed by atoms with van der Waals surface area (Å²) in [6, 6.07) is 14.3. The fourth-order valence-corrected chi connectivity index (χ4v) is 6.24. The van der Waals surface area contributed by atoms with E-state index in [1.165, 1.54) is 11.8 Å². The summed E-state index contributed by atoms with van der Waals surface area (Å²) in [7, 11) is 3.15. The fraction of sp³-hybridized carbons (Fsp3) is 0.355. The highest BCUT2D eigenvalue weighted by Crippen LogP contribution is 2.46. The highest BCUT2D eigenvalue weighted by atomic mass is 32.2. The summed E-state index contributed by atoms with van der Waals surface area (Å²) in [5.41, 5.74) is 3.25. The van der Waals surface area contributed by atoms with E-state index in [4.69, 9.17) is 19.2 Å². The van der Waals surface area contributed by atoms with Gasteiger partial charge in [-0.1, -0.05) is 42.1 Å². The van der Waals surface area contributed by atoms with Crippen LogP contribution in [0.1, 0.15) is 37.4 Å². The monoisotopic (exact) mass is 590 g/mol. The molecule has 2 aromatic rings. The Kier molecular flexibility index (Phi) is 8.86. The third kappa shape index (κ3) is 6.15. The molecule has 5 rings (SSSR count). The molecule has 0 N–H and O–H groups in total. The van der Waals surface area contributed by atoms with Gasteiger partial charge in [0.2, 0.25) is 11.8 Å². The largest absolute Gasteiger partial charge is 0.497 e. The second kappa shape index (κ2) is 12.7. The van der Waals surface area contributed by atoms with Gasteiger partial charge in [0, 0.05) is 44.9 Å². The Labute approximate surface area is 249 Å². The van der Waals surface area contributed by atoms with Gasteiger partial charge in [0.15, 0.2) is 5.17 Å². The van der Waals surface area contributed by atoms with Crippen LogP contribution >= 0.6 is 11.8 Å². The van der Waals surface area contributed by atoms with Gasteiger partial charge in [-0.3, -0.25) is 9.59 Å². The van der Waals surface area contributed by atoms with E-state index in [2.05, 4.69) is 0 Å². The minimum Gasteiger partial charge on any atom is -0.497 e. The second-order valence-corrected chi connectivity index (χ2v) is 11.0. The van der Waals surface area contributed by atoms with Crippen molar-refractivity contribution in [2.75, 3.05) is 40.4 Å². The van der Waals surface area contributed by atoms with Gasteiger partial charge in [-0.25, -0.2) is 9.79 Å². The molecule has 0 spiro atoms. The molecule has 0 aromatic heterocycles. The summed E-state index contributed by atoms with van der Waals surface area (Å²) in [6.45, 7) is 5.43. The van der Waals surface area contributed by atoms with E-state index in [0.717, 1.165) is 16.8 Å². The predicted molar refractivity (Wildman–Crippen MR) is 160 cm³/mol. The molecule has 3 heterocycles. The SMILES string of the molecule is COc1cc(OC)cc([C@H]2C(C(=O)OCc3ccccc3)=C(C)N=C3SC=C(CC(=O)N4CCN(C(C)=O)CC4)N32)c1. The van der Waals surface area contributed by atoms with Crippen molar-refractivity contribution in [2.45, 2.75) is 32.9 Å². The van der Waals surface area contributed by atoms with Gasteiger partial charge in [0.05, 0.1) is 38.0 Å². The van der Waals surface area contributed by atoms with Crippen LogP contribution in [-0.2, 0) is 25.7 Å². The average Bonchev–Trinajstić information content (AvgIpc) is 3.40. The van der Waals surface area contributed by atoms with Gasteiger partial charge in [0.25, 0.3) is 0 Å². The van der Waals surface area contributed by atoms with Crippen LogP contribution in [0.5, 0.6) is 11.5 Å². The summed E-state index contributed by atoms with van der Waals surface area (Å²) < 4.78 is 16.9. The average molecular weight is 591 g/mol. The van der Waals surface area contributed by atoms with Gasteiger partial charge in [0.1, 0.15) is 18.1 Å². The molecular formula is C31H34N4O6S. The number of piperazine rings is 1. The van der Waals surface area contributed by atoms with E-state index in [1.54, 1.807) is 43.9 Å². The number of aliphatic imine (C=N–C) groups is 1. The zero-order chi connectivity index (χ0) is 29.8. The number of carbonyl (C=O) groups excluding carboxylic acids is 3. The molecule has 10 nitrogen and oxygen atoms in total. The molecule has 0 aliphatic carbocycles. The standard InChI is InChI=1S/C31H34N4O6S/c1-20-28(30(38)41-18-22-8-6-5-7-9-22)29(23-14-25(39-3)17-26(15-23)40-4)35-24(19-42-31(35)32-20)16-27(37)34-12-10-33(11-13-34)21(2)36/h5-9,14-15,17,19,29H,10-13,16,18H2,1-4H3/t29-/m0/s1. The number of allylic oxidation sites excluding steroid dienone is 1. The zero-order valence-electron chi connectivity index (χ0n) is 24.2. The lowest BCUT2D eigenvalue weighted by molar-refractivity contribution is -0.141. The number of rotatable bonds is 8. The van der Waals surface area contributed by atoms with Crippen LogP contribution in [0, 0.1) is 0 Å². The summed E-state index contributed by atoms with van der Waals surface area (Å²) in [5.74, 6) is 0.609. The van der Waals surface area contributed by atoms with E-state index in [-0.39, 0.29) is 24.8 Å². The Bertz CT molecular complexity index is 1440. The minimum atomic E-state index is -0.631. The van der Waals surface area contributed by atoms with Crippen LogP contribution in [0.4, 0.5) is 0 Å². The number of methoxy groups -OCH3 is 2. The Morgan fingerprint density at radius 2 is 1.60 bits per heavy atom. The first-order valence-corrected chi connectivity index (χ1v) is 14.6. The fourth-order valence-electron chi connectivity index (χ4n) is 5.27. The number of fused-ring (bicyclic) bond motifs is 1. The summed E-state index contributed by atoms with van der Waals surface area (Å²) >= 11 is 1.41. The molecule has 3 aliphatic heterocycles. The number of esters is 1. The second-order valence-electron chi connectivity index (χ2n) is 10.2. The number of hydrogen-bond acceptors (Lipinski definition) is 9. The molecule has 3 aliphatic rings. The topological polar surface area (TPSA) is 101 Å². The van der Waals surface area contributed by atoms with Gasteiger partial charge < -0.3 is 28.9 Å². The number of benzene rings is 2. The van der Waals surface area contributed by atoms with Crippen LogP contribution in [-0.4, -0.2) is 78.0 Å². The lowest BCUT2D eigenvalue weighted by Gasteiger charge is -2.38.